The predicted molar refractivity (Wildman–Crippen MR) is 65.8 cm³/mol. The van der Waals surface area contributed by atoms with Gasteiger partial charge in [0.15, 0.2) is 0 Å². The van der Waals surface area contributed by atoms with Crippen molar-refractivity contribution in [2.45, 2.75) is 19.8 Å². The maximum atomic E-state index is 11.3. The van der Waals surface area contributed by atoms with E-state index in [0.29, 0.717) is 52.1 Å². The summed E-state index contributed by atoms with van der Waals surface area (Å²) in [5.41, 5.74) is 0. The predicted octanol–water partition coefficient (Wildman–Crippen LogP) is -1.22. The van der Waals surface area contributed by atoms with Crippen LogP contribution in [0.4, 0.5) is 0 Å². The van der Waals surface area contributed by atoms with Gasteiger partial charge in [0.25, 0.3) is 0 Å². The summed E-state index contributed by atoms with van der Waals surface area (Å²) in [5.74, 6) is -1.30. The molecule has 0 fully saturated rings. The molecule has 18 heavy (non-hydrogen) atoms. The zero-order valence-electron chi connectivity index (χ0n) is 10.7. The third-order valence-corrected chi connectivity index (χ3v) is 2.03. The second-order valence-electron chi connectivity index (χ2n) is 3.49. The third kappa shape index (κ3) is 9.59. The van der Waals surface area contributed by atoms with E-state index >= 15 is 0 Å². The third-order valence-electron chi connectivity index (χ3n) is 2.03. The largest absolute Gasteiger partial charge is 0.382 e. The molecule has 7 nitrogen and oxygen atoms in total. The molecule has 0 aromatic heterocycles. The molecule has 0 bridgehead atoms. The zero-order valence-corrected chi connectivity index (χ0v) is 10.7. The van der Waals surface area contributed by atoms with Gasteiger partial charge in [-0.15, -0.1) is 0 Å². The van der Waals surface area contributed by atoms with E-state index < -0.39 is 11.8 Å². The summed E-state index contributed by atoms with van der Waals surface area (Å²) in [7, 11) is 0. The van der Waals surface area contributed by atoms with Crippen LogP contribution in [0.1, 0.15) is 19.8 Å². The molecule has 0 aromatic carbocycles. The van der Waals surface area contributed by atoms with Gasteiger partial charge >= 0.3 is 11.8 Å². The number of amides is 3. The summed E-state index contributed by atoms with van der Waals surface area (Å²) in [5, 5.41) is 7.40. The fourth-order valence-electron chi connectivity index (χ4n) is 1.13. The Morgan fingerprint density at radius 1 is 1.06 bits per heavy atom. The van der Waals surface area contributed by atoms with Gasteiger partial charge in [-0.25, -0.2) is 0 Å². The Hall–Kier alpha value is -1.63. The molecule has 0 aliphatic rings. The minimum Gasteiger partial charge on any atom is -0.382 e. The number of rotatable bonds is 10. The van der Waals surface area contributed by atoms with Crippen molar-refractivity contribution in [3.8, 4) is 0 Å². The summed E-state index contributed by atoms with van der Waals surface area (Å²) in [4.78, 5) is 32.4. The van der Waals surface area contributed by atoms with Gasteiger partial charge in [0.2, 0.25) is 6.41 Å². The van der Waals surface area contributed by atoms with Crippen LogP contribution in [0.15, 0.2) is 0 Å². The van der Waals surface area contributed by atoms with Gasteiger partial charge in [-0.2, -0.15) is 0 Å². The lowest BCUT2D eigenvalue weighted by Gasteiger charge is -2.06. The van der Waals surface area contributed by atoms with Gasteiger partial charge in [0, 0.05) is 32.8 Å². The monoisotopic (exact) mass is 259 g/mol. The normalized spacial score (nSPS) is 9.61. The first kappa shape index (κ1) is 16.4. The van der Waals surface area contributed by atoms with Crippen molar-refractivity contribution in [3.05, 3.63) is 0 Å². The molecule has 0 unspecified atom stereocenters. The first-order chi connectivity index (χ1) is 8.72. The van der Waals surface area contributed by atoms with Crippen molar-refractivity contribution < 1.29 is 19.1 Å². The molecule has 0 heterocycles. The smallest absolute Gasteiger partial charge is 0.309 e. The van der Waals surface area contributed by atoms with Crippen molar-refractivity contribution in [1.82, 2.24) is 16.0 Å². The van der Waals surface area contributed by atoms with Crippen LogP contribution in [0, 0.1) is 0 Å². The van der Waals surface area contributed by atoms with Crippen LogP contribution in [0.5, 0.6) is 0 Å². The molecule has 0 atom stereocenters. The Balaban J connectivity index is 3.45. The summed E-state index contributed by atoms with van der Waals surface area (Å²) in [6.07, 6.45) is 1.85. The number of nitrogens with one attached hydrogen (secondary N) is 3. The van der Waals surface area contributed by atoms with Crippen LogP contribution >= 0.6 is 0 Å². The average Bonchev–Trinajstić information content (AvgIpc) is 2.37. The summed E-state index contributed by atoms with van der Waals surface area (Å²) >= 11 is 0. The molecular formula is C11H21N3O4. The van der Waals surface area contributed by atoms with Crippen LogP contribution in [-0.2, 0) is 19.1 Å². The second-order valence-corrected chi connectivity index (χ2v) is 3.49. The number of ether oxygens (including phenoxy) is 1. The standard InChI is InChI=1S/C11H21N3O4/c1-2-18-8-4-7-14-11(17)10(16)13-6-3-5-12-9-15/h9H,2-8H2,1H3,(H,12,15)(H,13,16)(H,14,17). The highest BCUT2D eigenvalue weighted by Crippen LogP contribution is 1.81. The van der Waals surface area contributed by atoms with Gasteiger partial charge < -0.3 is 20.7 Å². The van der Waals surface area contributed by atoms with Gasteiger partial charge in [0.1, 0.15) is 0 Å². The summed E-state index contributed by atoms with van der Waals surface area (Å²) in [6, 6.07) is 0. The molecule has 7 heteroatoms. The van der Waals surface area contributed by atoms with E-state index in [-0.39, 0.29) is 0 Å². The Morgan fingerprint density at radius 3 is 2.22 bits per heavy atom. The van der Waals surface area contributed by atoms with Gasteiger partial charge in [-0.3, -0.25) is 14.4 Å². The second kappa shape index (κ2) is 11.8. The molecule has 0 radical (unpaired) electrons. The van der Waals surface area contributed by atoms with Gasteiger partial charge in [-0.1, -0.05) is 0 Å². The maximum Gasteiger partial charge on any atom is 0.309 e. The Bertz CT molecular complexity index is 259. The van der Waals surface area contributed by atoms with Crippen molar-refractivity contribution in [2.75, 3.05) is 32.8 Å². The number of carbonyl (C=O) groups excluding carboxylic acids is 3. The lowest BCUT2D eigenvalue weighted by molar-refractivity contribution is -0.139. The Morgan fingerprint density at radius 2 is 1.67 bits per heavy atom. The topological polar surface area (TPSA) is 96.5 Å². The molecular weight excluding hydrogens is 238 g/mol. The van der Waals surface area contributed by atoms with E-state index in [1.54, 1.807) is 0 Å². The lowest BCUT2D eigenvalue weighted by Crippen LogP contribution is -2.41. The van der Waals surface area contributed by atoms with Gasteiger partial charge in [0.05, 0.1) is 0 Å². The molecule has 0 rings (SSSR count). The van der Waals surface area contributed by atoms with E-state index in [9.17, 15) is 14.4 Å². The van der Waals surface area contributed by atoms with E-state index in [4.69, 9.17) is 4.74 Å². The molecule has 0 saturated carbocycles. The maximum absolute atomic E-state index is 11.3. The quantitative estimate of drug-likeness (QED) is 0.260. The molecule has 0 spiro atoms. The first-order valence-corrected chi connectivity index (χ1v) is 6.03. The van der Waals surface area contributed by atoms with E-state index in [2.05, 4.69) is 16.0 Å². The Kier molecular flexibility index (Phi) is 10.8. The van der Waals surface area contributed by atoms with Crippen molar-refractivity contribution in [1.29, 1.82) is 0 Å². The van der Waals surface area contributed by atoms with Crippen molar-refractivity contribution in [3.63, 3.8) is 0 Å². The van der Waals surface area contributed by atoms with Crippen LogP contribution < -0.4 is 16.0 Å². The highest BCUT2D eigenvalue weighted by Gasteiger charge is 2.11. The molecule has 3 N–H and O–H groups in total. The highest BCUT2D eigenvalue weighted by atomic mass is 16.5. The average molecular weight is 259 g/mol. The molecule has 0 aliphatic heterocycles. The fourth-order valence-corrected chi connectivity index (χ4v) is 1.13. The van der Waals surface area contributed by atoms with E-state index in [1.807, 2.05) is 6.92 Å². The van der Waals surface area contributed by atoms with Crippen LogP contribution in [0.25, 0.3) is 0 Å². The van der Waals surface area contributed by atoms with Crippen molar-refractivity contribution in [2.24, 2.45) is 0 Å². The number of hydrogen-bond acceptors (Lipinski definition) is 4. The minimum absolute atomic E-state index is 0.353. The van der Waals surface area contributed by atoms with Crippen LogP contribution in [0.3, 0.4) is 0 Å². The Labute approximate surface area is 107 Å². The zero-order chi connectivity index (χ0) is 13.6. The molecule has 104 valence electrons. The van der Waals surface area contributed by atoms with Crippen LogP contribution in [0.2, 0.25) is 0 Å². The molecule has 0 saturated heterocycles. The first-order valence-electron chi connectivity index (χ1n) is 6.03. The highest BCUT2D eigenvalue weighted by molar-refractivity contribution is 6.35. The summed E-state index contributed by atoms with van der Waals surface area (Å²) < 4.78 is 5.09. The van der Waals surface area contributed by atoms with Crippen molar-refractivity contribution >= 4 is 18.2 Å². The fraction of sp³-hybridized carbons (Fsp3) is 0.727. The summed E-state index contributed by atoms with van der Waals surface area (Å²) in [6.45, 7) is 4.34. The molecule has 0 aliphatic carbocycles. The SMILES string of the molecule is CCOCCCNC(=O)C(=O)NCCCNC=O. The van der Waals surface area contributed by atoms with E-state index in [0.717, 1.165) is 0 Å². The molecule has 0 aromatic rings. The molecule has 3 amide bonds. The lowest BCUT2D eigenvalue weighted by atomic mass is 10.4. The van der Waals surface area contributed by atoms with E-state index in [1.165, 1.54) is 0 Å². The van der Waals surface area contributed by atoms with Gasteiger partial charge in [-0.05, 0) is 19.8 Å². The number of hydrogen-bond donors (Lipinski definition) is 3. The minimum atomic E-state index is -0.655. The number of carbonyl (C=O) groups is 3. The van der Waals surface area contributed by atoms with Crippen LogP contribution in [-0.4, -0.2) is 51.1 Å².